The summed E-state index contributed by atoms with van der Waals surface area (Å²) in [6.45, 7) is 1.55. The summed E-state index contributed by atoms with van der Waals surface area (Å²) in [5.74, 6) is 1.89. The summed E-state index contributed by atoms with van der Waals surface area (Å²) in [6.07, 6.45) is 1.71. The fourth-order valence-corrected chi connectivity index (χ4v) is 2.77. The summed E-state index contributed by atoms with van der Waals surface area (Å²) >= 11 is 0. The lowest BCUT2D eigenvalue weighted by Crippen LogP contribution is -2.36. The molecular weight excluding hydrogens is 274 g/mol. The Morgan fingerprint density at radius 2 is 1.82 bits per heavy atom. The summed E-state index contributed by atoms with van der Waals surface area (Å²) in [5.41, 5.74) is 2.73. The zero-order chi connectivity index (χ0) is 14.9. The molecule has 2 aliphatic rings. The Labute approximate surface area is 128 Å². The van der Waals surface area contributed by atoms with Gasteiger partial charge in [-0.2, -0.15) is 0 Å². The van der Waals surface area contributed by atoms with Crippen molar-refractivity contribution in [3.05, 3.63) is 71.8 Å². The van der Waals surface area contributed by atoms with Crippen molar-refractivity contribution in [2.75, 3.05) is 13.1 Å². The number of hydrogen-bond donors (Lipinski definition) is 1. The molecular formula is C18H15N3O. The third kappa shape index (κ3) is 2.09. The molecule has 0 aliphatic carbocycles. The number of amidine groups is 2. The predicted molar refractivity (Wildman–Crippen MR) is 88.7 cm³/mol. The molecule has 2 heterocycles. The largest absolute Gasteiger partial charge is 0.507 e. The van der Waals surface area contributed by atoms with Crippen LogP contribution in [0.5, 0.6) is 0 Å². The molecule has 0 unspecified atom stereocenters. The molecule has 0 fully saturated rings. The highest BCUT2D eigenvalue weighted by Crippen LogP contribution is 2.29. The molecule has 0 spiro atoms. The van der Waals surface area contributed by atoms with Crippen LogP contribution >= 0.6 is 0 Å². The van der Waals surface area contributed by atoms with Crippen LogP contribution in [0.4, 0.5) is 5.69 Å². The highest BCUT2D eigenvalue weighted by molar-refractivity contribution is 6.19. The van der Waals surface area contributed by atoms with Crippen LogP contribution in [0, 0.1) is 0 Å². The van der Waals surface area contributed by atoms with Gasteiger partial charge in [-0.1, -0.05) is 42.5 Å². The molecule has 0 radical (unpaired) electrons. The molecule has 2 aromatic carbocycles. The van der Waals surface area contributed by atoms with Crippen molar-refractivity contribution in [2.24, 2.45) is 9.98 Å². The first-order valence-electron chi connectivity index (χ1n) is 7.29. The maximum Gasteiger partial charge on any atom is 0.138 e. The summed E-state index contributed by atoms with van der Waals surface area (Å²) < 4.78 is 0. The van der Waals surface area contributed by atoms with E-state index in [1.165, 1.54) is 0 Å². The van der Waals surface area contributed by atoms with E-state index in [2.05, 4.69) is 14.9 Å². The van der Waals surface area contributed by atoms with Crippen molar-refractivity contribution in [3.63, 3.8) is 0 Å². The Morgan fingerprint density at radius 1 is 1.05 bits per heavy atom. The average Bonchev–Trinajstić information content (AvgIpc) is 3.06. The van der Waals surface area contributed by atoms with Crippen LogP contribution in [0.15, 0.2) is 70.7 Å². The van der Waals surface area contributed by atoms with Gasteiger partial charge < -0.3 is 10.0 Å². The Bertz CT molecular complexity index is 806. The van der Waals surface area contributed by atoms with E-state index in [0.717, 1.165) is 41.6 Å². The molecule has 0 atom stereocenters. The molecule has 2 aromatic rings. The summed E-state index contributed by atoms with van der Waals surface area (Å²) in [7, 11) is 0. The van der Waals surface area contributed by atoms with Crippen molar-refractivity contribution in [3.8, 4) is 0 Å². The molecule has 0 amide bonds. The minimum Gasteiger partial charge on any atom is -0.507 e. The number of benzene rings is 2. The number of aliphatic hydroxyl groups is 1. The minimum absolute atomic E-state index is 0.213. The van der Waals surface area contributed by atoms with E-state index in [4.69, 9.17) is 0 Å². The van der Waals surface area contributed by atoms with Gasteiger partial charge in [-0.25, -0.2) is 4.99 Å². The molecule has 0 bridgehead atoms. The van der Waals surface area contributed by atoms with Gasteiger partial charge in [0, 0.05) is 23.7 Å². The third-order valence-electron chi connectivity index (χ3n) is 3.83. The van der Waals surface area contributed by atoms with Gasteiger partial charge in [-0.3, -0.25) is 4.99 Å². The van der Waals surface area contributed by atoms with Gasteiger partial charge in [-0.15, -0.1) is 0 Å². The van der Waals surface area contributed by atoms with E-state index in [0.29, 0.717) is 0 Å². The number of rotatable bonds is 2. The van der Waals surface area contributed by atoms with Crippen LogP contribution in [0.2, 0.25) is 0 Å². The first-order valence-corrected chi connectivity index (χ1v) is 7.29. The van der Waals surface area contributed by atoms with Crippen molar-refractivity contribution >= 4 is 23.1 Å². The normalized spacial score (nSPS) is 16.7. The van der Waals surface area contributed by atoms with Crippen molar-refractivity contribution in [2.45, 2.75) is 0 Å². The molecule has 4 heteroatoms. The van der Waals surface area contributed by atoms with E-state index in [1.807, 2.05) is 54.6 Å². The molecule has 2 aliphatic heterocycles. The van der Waals surface area contributed by atoms with Crippen molar-refractivity contribution < 1.29 is 5.11 Å². The Morgan fingerprint density at radius 3 is 2.68 bits per heavy atom. The van der Waals surface area contributed by atoms with Gasteiger partial charge in [0.25, 0.3) is 0 Å². The Balaban J connectivity index is 1.79. The number of para-hydroxylation sites is 1. The predicted octanol–water partition coefficient (Wildman–Crippen LogP) is 3.39. The molecule has 4 nitrogen and oxygen atoms in total. The van der Waals surface area contributed by atoms with Crippen LogP contribution in [0.1, 0.15) is 11.1 Å². The molecule has 1 N–H and O–H groups in total. The second-order valence-corrected chi connectivity index (χ2v) is 5.24. The monoisotopic (exact) mass is 289 g/mol. The first kappa shape index (κ1) is 12.8. The van der Waals surface area contributed by atoms with Gasteiger partial charge in [0.2, 0.25) is 0 Å². The fraction of sp³-hybridized carbons (Fsp3) is 0.111. The van der Waals surface area contributed by atoms with Crippen LogP contribution in [0.25, 0.3) is 5.76 Å². The zero-order valence-corrected chi connectivity index (χ0v) is 12.0. The van der Waals surface area contributed by atoms with Crippen LogP contribution < -0.4 is 0 Å². The standard InChI is InChI=1S/C18H15N3O/c22-16(13-6-2-1-3-7-13)12-17-20-15-9-5-4-8-14(15)18-19-10-11-21(17)18/h1-9,12,22H,10-11H2/b16-12-. The third-order valence-corrected chi connectivity index (χ3v) is 3.83. The molecule has 0 saturated carbocycles. The van der Waals surface area contributed by atoms with Crippen molar-refractivity contribution in [1.82, 2.24) is 4.90 Å². The molecule has 4 rings (SSSR count). The number of aliphatic hydroxyl groups excluding tert-OH is 1. The second-order valence-electron chi connectivity index (χ2n) is 5.24. The van der Waals surface area contributed by atoms with Gasteiger partial charge in [0.05, 0.1) is 12.2 Å². The first-order chi connectivity index (χ1) is 10.8. The Kier molecular flexibility index (Phi) is 3.00. The topological polar surface area (TPSA) is 48.2 Å². The van der Waals surface area contributed by atoms with Crippen LogP contribution in [-0.4, -0.2) is 34.8 Å². The molecule has 0 aromatic heterocycles. The Hall–Kier alpha value is -2.88. The van der Waals surface area contributed by atoms with Crippen molar-refractivity contribution in [1.29, 1.82) is 0 Å². The van der Waals surface area contributed by atoms with E-state index < -0.39 is 0 Å². The van der Waals surface area contributed by atoms with E-state index in [9.17, 15) is 5.11 Å². The number of hydrogen-bond acceptors (Lipinski definition) is 4. The quantitative estimate of drug-likeness (QED) is 0.861. The summed E-state index contributed by atoms with van der Waals surface area (Å²) in [6, 6.07) is 17.5. The number of aliphatic imine (C=N–C) groups is 2. The smallest absolute Gasteiger partial charge is 0.138 e. The highest BCUT2D eigenvalue weighted by atomic mass is 16.3. The number of nitrogens with zero attached hydrogens (tertiary/aromatic N) is 3. The van der Waals surface area contributed by atoms with Crippen LogP contribution in [0.3, 0.4) is 0 Å². The van der Waals surface area contributed by atoms with E-state index >= 15 is 0 Å². The van der Waals surface area contributed by atoms with E-state index in [-0.39, 0.29) is 5.76 Å². The lowest BCUT2D eigenvalue weighted by Gasteiger charge is -2.25. The fourth-order valence-electron chi connectivity index (χ4n) is 2.77. The maximum absolute atomic E-state index is 10.4. The summed E-state index contributed by atoms with van der Waals surface area (Å²) in [4.78, 5) is 11.3. The molecule has 0 saturated heterocycles. The van der Waals surface area contributed by atoms with Gasteiger partial charge in [0.15, 0.2) is 0 Å². The highest BCUT2D eigenvalue weighted by Gasteiger charge is 2.28. The summed E-state index contributed by atoms with van der Waals surface area (Å²) in [5, 5.41) is 10.4. The lowest BCUT2D eigenvalue weighted by atomic mass is 10.1. The van der Waals surface area contributed by atoms with Crippen LogP contribution in [-0.2, 0) is 0 Å². The number of fused-ring (bicyclic) bond motifs is 3. The minimum atomic E-state index is 0.213. The lowest BCUT2D eigenvalue weighted by molar-refractivity contribution is 0.511. The molecule has 22 heavy (non-hydrogen) atoms. The average molecular weight is 289 g/mol. The SMILES string of the molecule is O/C(=C\C1=Nc2ccccc2C2=NCCN12)c1ccccc1. The van der Waals surface area contributed by atoms with Gasteiger partial charge in [0.1, 0.15) is 17.4 Å². The van der Waals surface area contributed by atoms with Gasteiger partial charge in [-0.05, 0) is 12.1 Å². The molecule has 108 valence electrons. The van der Waals surface area contributed by atoms with E-state index in [1.54, 1.807) is 6.08 Å². The second kappa shape index (κ2) is 5.15. The van der Waals surface area contributed by atoms with Gasteiger partial charge >= 0.3 is 0 Å². The zero-order valence-electron chi connectivity index (χ0n) is 12.0. The maximum atomic E-state index is 10.4.